The molecule has 25 heavy (non-hydrogen) atoms. The minimum atomic E-state index is -0.803. The minimum absolute atomic E-state index is 0.390. The lowest BCUT2D eigenvalue weighted by atomic mass is 9.98. The Hall–Kier alpha value is -2.61. The van der Waals surface area contributed by atoms with Gasteiger partial charge in [-0.1, -0.05) is 6.08 Å². The Morgan fingerprint density at radius 2 is 2.28 bits per heavy atom. The van der Waals surface area contributed by atoms with Crippen LogP contribution in [0.5, 0.6) is 0 Å². The molecule has 0 bridgehead atoms. The van der Waals surface area contributed by atoms with Crippen molar-refractivity contribution in [3.63, 3.8) is 0 Å². The van der Waals surface area contributed by atoms with Gasteiger partial charge in [-0.3, -0.25) is 10.1 Å². The minimum Gasteiger partial charge on any atom is -0.457 e. The van der Waals surface area contributed by atoms with Crippen LogP contribution in [-0.2, 0) is 4.79 Å². The number of rotatable bonds is 2. The molecule has 4 N–H and O–H groups in total. The Bertz CT molecular complexity index is 766. The van der Waals surface area contributed by atoms with Crippen molar-refractivity contribution in [1.29, 1.82) is 0 Å². The number of carbonyl (C=O) groups excluding carboxylic acids is 2. The topological polar surface area (TPSA) is 113 Å². The molecule has 132 valence electrons. The Morgan fingerprint density at radius 1 is 1.40 bits per heavy atom. The van der Waals surface area contributed by atoms with Crippen molar-refractivity contribution >= 4 is 29.5 Å². The summed E-state index contributed by atoms with van der Waals surface area (Å²) < 4.78 is 5.76. The summed E-state index contributed by atoms with van der Waals surface area (Å²) in [5.41, 5.74) is 6.51. The molecule has 4 rings (SSSR count). The summed E-state index contributed by atoms with van der Waals surface area (Å²) in [5.74, 6) is 2.07. The number of imide groups is 1. The van der Waals surface area contributed by atoms with Crippen molar-refractivity contribution in [1.82, 2.24) is 15.5 Å². The largest absolute Gasteiger partial charge is 0.457 e. The number of hydrogen-bond donors (Lipinski definition) is 3. The average molecular weight is 343 g/mol. The van der Waals surface area contributed by atoms with Crippen LogP contribution < -0.4 is 16.4 Å². The maximum Gasteiger partial charge on any atom is 0.322 e. The number of amides is 3. The maximum absolute atomic E-state index is 11.8. The lowest BCUT2D eigenvalue weighted by molar-refractivity contribution is -0.120. The molecule has 8 nitrogen and oxygen atoms in total. The van der Waals surface area contributed by atoms with E-state index in [9.17, 15) is 9.59 Å². The first-order valence-corrected chi connectivity index (χ1v) is 8.58. The second kappa shape index (κ2) is 6.36. The normalized spacial score (nSPS) is 26.0. The lowest BCUT2D eigenvalue weighted by Gasteiger charge is -2.34. The molecule has 3 aliphatic rings. The molecule has 3 amide bonds. The number of nitrogens with two attached hydrogens (primary N) is 1. The van der Waals surface area contributed by atoms with Gasteiger partial charge in [-0.2, -0.15) is 0 Å². The number of hydrogen-bond acceptors (Lipinski definition) is 6. The van der Waals surface area contributed by atoms with Crippen LogP contribution in [0.2, 0.25) is 0 Å². The van der Waals surface area contributed by atoms with Crippen molar-refractivity contribution in [2.45, 2.75) is 25.3 Å². The fourth-order valence-electron chi connectivity index (χ4n) is 3.53. The molecule has 3 aliphatic heterocycles. The van der Waals surface area contributed by atoms with Gasteiger partial charge in [0.25, 0.3) is 5.91 Å². The zero-order valence-corrected chi connectivity index (χ0v) is 13.8. The van der Waals surface area contributed by atoms with Crippen molar-refractivity contribution in [3.05, 3.63) is 23.7 Å². The van der Waals surface area contributed by atoms with Crippen molar-refractivity contribution in [3.8, 4) is 0 Å². The standard InChI is InChI=1S/C17H21N5O3/c18-8-10-3-2-6-22(9-10)14-5-1-4-12-11(19-14)7-13(25-12)15-16(23)21-17(24)20-15/h1,4,7,10,15H,2-3,5-6,8-9,18H2,(H2,20,21,23,24). The van der Waals surface area contributed by atoms with E-state index in [2.05, 4.69) is 15.5 Å². The number of urea groups is 1. The van der Waals surface area contributed by atoms with E-state index in [-0.39, 0.29) is 0 Å². The molecule has 1 aromatic rings. The molecule has 2 fully saturated rings. The number of fused-ring (bicyclic) bond motifs is 1. The van der Waals surface area contributed by atoms with Crippen LogP contribution in [0, 0.1) is 5.92 Å². The summed E-state index contributed by atoms with van der Waals surface area (Å²) in [4.78, 5) is 30.2. The number of carbonyl (C=O) groups is 2. The Balaban J connectivity index is 1.60. The third-order valence-electron chi connectivity index (χ3n) is 4.85. The van der Waals surface area contributed by atoms with E-state index in [0.717, 1.165) is 38.2 Å². The molecule has 8 heteroatoms. The molecule has 0 radical (unpaired) electrons. The van der Waals surface area contributed by atoms with E-state index in [1.807, 2.05) is 12.2 Å². The van der Waals surface area contributed by atoms with Gasteiger partial charge in [0.2, 0.25) is 0 Å². The number of aliphatic imine (C=N–C) groups is 1. The molecular weight excluding hydrogens is 322 g/mol. The van der Waals surface area contributed by atoms with Crippen LogP contribution in [0.25, 0.3) is 6.08 Å². The molecular formula is C17H21N5O3. The van der Waals surface area contributed by atoms with Crippen LogP contribution in [0.3, 0.4) is 0 Å². The SMILES string of the molecule is NCC1CCCN(C2=Nc3cc(C4NC(=O)NC4=O)oc3C=CC2)C1. The average Bonchev–Trinajstić information content (AvgIpc) is 3.10. The number of nitrogens with zero attached hydrogens (tertiary/aromatic N) is 2. The van der Waals surface area contributed by atoms with Crippen LogP contribution >= 0.6 is 0 Å². The molecule has 0 aromatic carbocycles. The summed E-state index contributed by atoms with van der Waals surface area (Å²) in [6.45, 7) is 2.59. The van der Waals surface area contributed by atoms with E-state index in [0.29, 0.717) is 29.7 Å². The Morgan fingerprint density at radius 3 is 3.04 bits per heavy atom. The van der Waals surface area contributed by atoms with Crippen LogP contribution in [0.15, 0.2) is 21.6 Å². The number of nitrogens with one attached hydrogen (secondary N) is 2. The third-order valence-corrected chi connectivity index (χ3v) is 4.85. The van der Waals surface area contributed by atoms with Crippen LogP contribution in [0.1, 0.15) is 36.8 Å². The van der Waals surface area contributed by atoms with Crippen LogP contribution in [-0.4, -0.2) is 42.3 Å². The van der Waals surface area contributed by atoms with E-state index in [4.69, 9.17) is 15.1 Å². The molecule has 2 atom stereocenters. The van der Waals surface area contributed by atoms with Gasteiger partial charge in [0.05, 0.1) is 0 Å². The fraction of sp³-hybridized carbons (Fsp3) is 0.471. The first-order valence-electron chi connectivity index (χ1n) is 8.58. The van der Waals surface area contributed by atoms with Gasteiger partial charge in [0, 0.05) is 25.6 Å². The van der Waals surface area contributed by atoms with E-state index in [1.165, 1.54) is 0 Å². The maximum atomic E-state index is 11.8. The van der Waals surface area contributed by atoms with Gasteiger partial charge in [-0.05, 0) is 31.4 Å². The van der Waals surface area contributed by atoms with Gasteiger partial charge in [0.1, 0.15) is 17.3 Å². The first kappa shape index (κ1) is 15.9. The lowest BCUT2D eigenvalue weighted by Crippen LogP contribution is -2.41. The van der Waals surface area contributed by atoms with Crippen molar-refractivity contribution in [2.24, 2.45) is 16.6 Å². The second-order valence-corrected chi connectivity index (χ2v) is 6.62. The van der Waals surface area contributed by atoms with Gasteiger partial charge >= 0.3 is 6.03 Å². The summed E-state index contributed by atoms with van der Waals surface area (Å²) in [6.07, 6.45) is 6.89. The number of likely N-dealkylation sites (tertiary alicyclic amines) is 1. The Kier molecular flexibility index (Phi) is 4.04. The first-order chi connectivity index (χ1) is 12.1. The summed E-state index contributed by atoms with van der Waals surface area (Å²) >= 11 is 0. The molecule has 4 heterocycles. The predicted molar refractivity (Wildman–Crippen MR) is 92.2 cm³/mol. The van der Waals surface area contributed by atoms with Gasteiger partial charge in [-0.25, -0.2) is 9.79 Å². The zero-order chi connectivity index (χ0) is 17.4. The van der Waals surface area contributed by atoms with Crippen LogP contribution in [0.4, 0.5) is 10.5 Å². The van der Waals surface area contributed by atoms with Gasteiger partial charge in [0.15, 0.2) is 11.8 Å². The van der Waals surface area contributed by atoms with E-state index >= 15 is 0 Å². The summed E-state index contributed by atoms with van der Waals surface area (Å²) in [5, 5.41) is 4.75. The third kappa shape index (κ3) is 3.05. The molecule has 2 unspecified atom stereocenters. The molecule has 0 saturated carbocycles. The molecule has 0 spiro atoms. The van der Waals surface area contributed by atoms with Crippen molar-refractivity contribution < 1.29 is 14.0 Å². The fourth-order valence-corrected chi connectivity index (χ4v) is 3.53. The van der Waals surface area contributed by atoms with Crippen molar-refractivity contribution in [2.75, 3.05) is 19.6 Å². The summed E-state index contributed by atoms with van der Waals surface area (Å²) in [6, 6.07) is 0.413. The number of piperidine rings is 1. The Labute approximate surface area is 145 Å². The highest BCUT2D eigenvalue weighted by atomic mass is 16.3. The highest BCUT2D eigenvalue weighted by Crippen LogP contribution is 2.33. The van der Waals surface area contributed by atoms with E-state index < -0.39 is 18.0 Å². The smallest absolute Gasteiger partial charge is 0.322 e. The zero-order valence-electron chi connectivity index (χ0n) is 13.8. The quantitative estimate of drug-likeness (QED) is 0.700. The highest BCUT2D eigenvalue weighted by molar-refractivity contribution is 6.04. The summed E-state index contributed by atoms with van der Waals surface area (Å²) in [7, 11) is 0. The number of furan rings is 1. The monoisotopic (exact) mass is 343 g/mol. The molecule has 1 aromatic heterocycles. The van der Waals surface area contributed by atoms with Gasteiger partial charge < -0.3 is 20.4 Å². The number of amidine groups is 1. The molecule has 2 saturated heterocycles. The van der Waals surface area contributed by atoms with E-state index in [1.54, 1.807) is 6.07 Å². The molecule has 0 aliphatic carbocycles. The highest BCUT2D eigenvalue weighted by Gasteiger charge is 2.34. The van der Waals surface area contributed by atoms with Gasteiger partial charge in [-0.15, -0.1) is 0 Å². The second-order valence-electron chi connectivity index (χ2n) is 6.62. The predicted octanol–water partition coefficient (Wildman–Crippen LogP) is 1.28.